The summed E-state index contributed by atoms with van der Waals surface area (Å²) in [5.41, 5.74) is 1.46. The zero-order valence-electron chi connectivity index (χ0n) is 8.60. The third kappa shape index (κ3) is 1.52. The van der Waals surface area contributed by atoms with Gasteiger partial charge in [-0.05, 0) is 24.5 Å². The number of aryl methyl sites for hydroxylation is 1. The fourth-order valence-corrected chi connectivity index (χ4v) is 1.87. The highest BCUT2D eigenvalue weighted by Gasteiger charge is 2.33. The molecule has 1 aliphatic rings. The Bertz CT molecular complexity index is 347. The SMILES string of the molecule is CCc1cnc2c(c1)CNCC2(C)F. The van der Waals surface area contributed by atoms with Crippen LogP contribution in [0, 0.1) is 0 Å². The van der Waals surface area contributed by atoms with Gasteiger partial charge in [0, 0.05) is 19.3 Å². The van der Waals surface area contributed by atoms with E-state index in [1.54, 1.807) is 13.1 Å². The molecule has 0 fully saturated rings. The Morgan fingerprint density at radius 1 is 1.64 bits per heavy atom. The molecular formula is C11H15FN2. The maximum atomic E-state index is 14.0. The van der Waals surface area contributed by atoms with Crippen LogP contribution in [0.5, 0.6) is 0 Å². The first kappa shape index (κ1) is 9.59. The summed E-state index contributed by atoms with van der Waals surface area (Å²) in [5.74, 6) is 0. The van der Waals surface area contributed by atoms with Crippen molar-refractivity contribution in [1.82, 2.24) is 10.3 Å². The summed E-state index contributed by atoms with van der Waals surface area (Å²) in [4.78, 5) is 4.23. The maximum Gasteiger partial charge on any atom is 0.162 e. The quantitative estimate of drug-likeness (QED) is 0.739. The molecule has 0 radical (unpaired) electrons. The minimum Gasteiger partial charge on any atom is -0.309 e. The van der Waals surface area contributed by atoms with Gasteiger partial charge in [0.2, 0.25) is 0 Å². The van der Waals surface area contributed by atoms with Gasteiger partial charge in [0.05, 0.1) is 5.69 Å². The molecule has 1 aromatic rings. The summed E-state index contributed by atoms with van der Waals surface area (Å²) in [7, 11) is 0. The Hall–Kier alpha value is -0.960. The van der Waals surface area contributed by atoms with Gasteiger partial charge in [0.25, 0.3) is 0 Å². The molecular weight excluding hydrogens is 179 g/mol. The van der Waals surface area contributed by atoms with E-state index in [9.17, 15) is 4.39 Å². The van der Waals surface area contributed by atoms with Gasteiger partial charge < -0.3 is 5.32 Å². The average Bonchev–Trinajstić information content (AvgIpc) is 2.16. The normalized spacial score (nSPS) is 25.9. The van der Waals surface area contributed by atoms with Crippen LogP contribution in [0.4, 0.5) is 4.39 Å². The zero-order chi connectivity index (χ0) is 10.2. The summed E-state index contributed by atoms with van der Waals surface area (Å²) in [6, 6.07) is 2.05. The summed E-state index contributed by atoms with van der Waals surface area (Å²) >= 11 is 0. The van der Waals surface area contributed by atoms with Crippen molar-refractivity contribution >= 4 is 0 Å². The molecule has 0 amide bonds. The van der Waals surface area contributed by atoms with E-state index in [0.29, 0.717) is 12.2 Å². The van der Waals surface area contributed by atoms with Gasteiger partial charge in [-0.2, -0.15) is 0 Å². The molecule has 1 aromatic heterocycles. The minimum absolute atomic E-state index is 0.360. The Balaban J connectivity index is 2.46. The molecule has 0 saturated heterocycles. The van der Waals surface area contributed by atoms with Gasteiger partial charge in [-0.1, -0.05) is 13.0 Å². The first-order valence-electron chi connectivity index (χ1n) is 5.01. The molecule has 1 unspecified atom stereocenters. The second kappa shape index (κ2) is 3.31. The van der Waals surface area contributed by atoms with Gasteiger partial charge in [-0.15, -0.1) is 0 Å². The van der Waals surface area contributed by atoms with Crippen molar-refractivity contribution in [3.8, 4) is 0 Å². The van der Waals surface area contributed by atoms with E-state index in [-0.39, 0.29) is 0 Å². The Labute approximate surface area is 83.6 Å². The lowest BCUT2D eigenvalue weighted by Gasteiger charge is -2.28. The fourth-order valence-electron chi connectivity index (χ4n) is 1.87. The molecule has 76 valence electrons. The van der Waals surface area contributed by atoms with Crippen molar-refractivity contribution in [2.75, 3.05) is 6.54 Å². The molecule has 3 heteroatoms. The van der Waals surface area contributed by atoms with Crippen molar-refractivity contribution in [2.45, 2.75) is 32.5 Å². The third-order valence-electron chi connectivity index (χ3n) is 2.70. The summed E-state index contributed by atoms with van der Waals surface area (Å²) in [6.07, 6.45) is 2.73. The van der Waals surface area contributed by atoms with E-state index < -0.39 is 5.67 Å². The molecule has 0 saturated carbocycles. The highest BCUT2D eigenvalue weighted by atomic mass is 19.1. The van der Waals surface area contributed by atoms with E-state index in [1.807, 2.05) is 6.07 Å². The lowest BCUT2D eigenvalue weighted by atomic mass is 9.94. The van der Waals surface area contributed by atoms with Crippen molar-refractivity contribution in [1.29, 1.82) is 0 Å². The van der Waals surface area contributed by atoms with Gasteiger partial charge in [-0.3, -0.25) is 4.98 Å². The van der Waals surface area contributed by atoms with Gasteiger partial charge in [0.15, 0.2) is 5.67 Å². The number of nitrogens with zero attached hydrogens (tertiary/aromatic N) is 1. The third-order valence-corrected chi connectivity index (χ3v) is 2.70. The van der Waals surface area contributed by atoms with Crippen LogP contribution < -0.4 is 5.32 Å². The number of pyridine rings is 1. The fraction of sp³-hybridized carbons (Fsp3) is 0.545. The molecule has 1 N–H and O–H groups in total. The molecule has 1 atom stereocenters. The second-order valence-electron chi connectivity index (χ2n) is 4.01. The van der Waals surface area contributed by atoms with E-state index in [2.05, 4.69) is 17.2 Å². The number of rotatable bonds is 1. The predicted octanol–water partition coefficient (Wildman–Crippen LogP) is 1.93. The molecule has 0 aliphatic carbocycles. The zero-order valence-corrected chi connectivity index (χ0v) is 8.60. The molecule has 0 bridgehead atoms. The highest BCUT2D eigenvalue weighted by molar-refractivity contribution is 5.31. The molecule has 2 heterocycles. The number of alkyl halides is 1. The van der Waals surface area contributed by atoms with Gasteiger partial charge >= 0.3 is 0 Å². The molecule has 2 nitrogen and oxygen atoms in total. The van der Waals surface area contributed by atoms with Crippen LogP contribution in [0.2, 0.25) is 0 Å². The second-order valence-corrected chi connectivity index (χ2v) is 4.01. The predicted molar refractivity (Wildman–Crippen MR) is 53.8 cm³/mol. The number of hydrogen-bond donors (Lipinski definition) is 1. The number of fused-ring (bicyclic) bond motifs is 1. The van der Waals surface area contributed by atoms with Crippen molar-refractivity contribution in [3.05, 3.63) is 29.1 Å². The smallest absolute Gasteiger partial charge is 0.162 e. The molecule has 0 aromatic carbocycles. The number of aromatic nitrogens is 1. The van der Waals surface area contributed by atoms with E-state index in [1.165, 1.54) is 5.56 Å². The van der Waals surface area contributed by atoms with Crippen LogP contribution in [-0.4, -0.2) is 11.5 Å². The first-order chi connectivity index (χ1) is 6.63. The topological polar surface area (TPSA) is 24.9 Å². The number of nitrogens with one attached hydrogen (secondary N) is 1. The Morgan fingerprint density at radius 2 is 2.43 bits per heavy atom. The monoisotopic (exact) mass is 194 g/mol. The average molecular weight is 194 g/mol. The Morgan fingerprint density at radius 3 is 3.14 bits per heavy atom. The van der Waals surface area contributed by atoms with Gasteiger partial charge in [-0.25, -0.2) is 4.39 Å². The highest BCUT2D eigenvalue weighted by Crippen LogP contribution is 2.29. The van der Waals surface area contributed by atoms with Crippen LogP contribution in [0.15, 0.2) is 12.3 Å². The molecule has 2 rings (SSSR count). The number of halogens is 1. The number of hydrogen-bond acceptors (Lipinski definition) is 2. The van der Waals surface area contributed by atoms with Gasteiger partial charge in [0.1, 0.15) is 0 Å². The molecule has 1 aliphatic heterocycles. The van der Waals surface area contributed by atoms with E-state index in [4.69, 9.17) is 0 Å². The van der Waals surface area contributed by atoms with Crippen LogP contribution >= 0.6 is 0 Å². The minimum atomic E-state index is -1.32. The molecule has 14 heavy (non-hydrogen) atoms. The van der Waals surface area contributed by atoms with E-state index in [0.717, 1.165) is 18.5 Å². The Kier molecular flexibility index (Phi) is 2.27. The van der Waals surface area contributed by atoms with E-state index >= 15 is 0 Å². The van der Waals surface area contributed by atoms with Crippen LogP contribution in [0.25, 0.3) is 0 Å². The lowest BCUT2D eigenvalue weighted by molar-refractivity contribution is 0.166. The van der Waals surface area contributed by atoms with Crippen LogP contribution in [-0.2, 0) is 18.6 Å². The summed E-state index contributed by atoms with van der Waals surface area (Å²) < 4.78 is 14.0. The van der Waals surface area contributed by atoms with Crippen molar-refractivity contribution < 1.29 is 4.39 Å². The standard InChI is InChI=1S/C11H15FN2/c1-3-8-4-9-6-13-7-11(2,12)10(9)14-5-8/h4-5,13H,3,6-7H2,1-2H3. The first-order valence-corrected chi connectivity index (χ1v) is 5.01. The van der Waals surface area contributed by atoms with Crippen LogP contribution in [0.3, 0.4) is 0 Å². The maximum absolute atomic E-state index is 14.0. The van der Waals surface area contributed by atoms with Crippen LogP contribution in [0.1, 0.15) is 30.7 Å². The largest absolute Gasteiger partial charge is 0.309 e. The van der Waals surface area contributed by atoms with Crippen molar-refractivity contribution in [3.63, 3.8) is 0 Å². The van der Waals surface area contributed by atoms with Crippen molar-refractivity contribution in [2.24, 2.45) is 0 Å². The lowest BCUT2D eigenvalue weighted by Crippen LogP contribution is -2.38. The summed E-state index contributed by atoms with van der Waals surface area (Å²) in [6.45, 7) is 4.75. The summed E-state index contributed by atoms with van der Waals surface area (Å²) in [5, 5.41) is 3.07. The molecule has 0 spiro atoms.